The van der Waals surface area contributed by atoms with E-state index in [0.29, 0.717) is 12.5 Å². The Morgan fingerprint density at radius 1 is 1.33 bits per heavy atom. The van der Waals surface area contributed by atoms with E-state index in [2.05, 4.69) is 0 Å². The molecule has 0 heterocycles. The molecule has 18 heavy (non-hydrogen) atoms. The zero-order valence-electron chi connectivity index (χ0n) is 10.7. The van der Waals surface area contributed by atoms with Crippen LogP contribution in [0.25, 0.3) is 0 Å². The van der Waals surface area contributed by atoms with E-state index < -0.39 is 11.6 Å². The molecule has 0 saturated heterocycles. The number of ketones is 1. The van der Waals surface area contributed by atoms with Crippen molar-refractivity contribution in [3.63, 3.8) is 0 Å². The van der Waals surface area contributed by atoms with Gasteiger partial charge in [0.15, 0.2) is 17.4 Å². The Hall–Kier alpha value is -1.29. The van der Waals surface area contributed by atoms with Gasteiger partial charge in [-0.3, -0.25) is 4.79 Å². The van der Waals surface area contributed by atoms with Crippen molar-refractivity contribution in [2.45, 2.75) is 26.7 Å². The quantitative estimate of drug-likeness (QED) is 0.793. The summed E-state index contributed by atoms with van der Waals surface area (Å²) in [6, 6.07) is 3.65. The molecule has 0 aliphatic carbocycles. The van der Waals surface area contributed by atoms with Crippen molar-refractivity contribution in [1.29, 1.82) is 0 Å². The van der Waals surface area contributed by atoms with E-state index in [-0.39, 0.29) is 23.7 Å². The third kappa shape index (κ3) is 3.88. The molecule has 0 aliphatic heterocycles. The summed E-state index contributed by atoms with van der Waals surface area (Å²) in [7, 11) is 0. The van der Waals surface area contributed by atoms with Crippen LogP contribution in [0.3, 0.4) is 0 Å². The predicted octanol–water partition coefficient (Wildman–Crippen LogP) is 3.16. The summed E-state index contributed by atoms with van der Waals surface area (Å²) >= 11 is 0. The molecule has 0 aromatic heterocycles. The van der Waals surface area contributed by atoms with Gasteiger partial charge in [-0.05, 0) is 36.9 Å². The molecule has 0 saturated carbocycles. The molecule has 2 nitrogen and oxygen atoms in total. The van der Waals surface area contributed by atoms with Crippen LogP contribution in [0.4, 0.5) is 8.78 Å². The average Bonchev–Trinajstić information content (AvgIpc) is 2.31. The van der Waals surface area contributed by atoms with Gasteiger partial charge in [-0.2, -0.15) is 0 Å². The molecule has 0 fully saturated rings. The summed E-state index contributed by atoms with van der Waals surface area (Å²) in [4.78, 5) is 11.9. The molecule has 1 rings (SSSR count). The lowest BCUT2D eigenvalue weighted by Crippen LogP contribution is -2.20. The van der Waals surface area contributed by atoms with Crippen LogP contribution in [0.15, 0.2) is 18.2 Å². The number of rotatable bonds is 6. The van der Waals surface area contributed by atoms with Gasteiger partial charge in [0.05, 0.1) is 5.56 Å². The number of carbonyl (C=O) groups excluding carboxylic acids is 1. The van der Waals surface area contributed by atoms with E-state index in [0.717, 1.165) is 12.5 Å². The average molecular weight is 255 g/mol. The van der Waals surface area contributed by atoms with Crippen LogP contribution in [0.2, 0.25) is 0 Å². The van der Waals surface area contributed by atoms with Crippen molar-refractivity contribution in [2.24, 2.45) is 17.6 Å². The summed E-state index contributed by atoms with van der Waals surface area (Å²) in [5.74, 6) is -2.01. The molecule has 1 aromatic carbocycles. The summed E-state index contributed by atoms with van der Waals surface area (Å²) in [5.41, 5.74) is 5.41. The Morgan fingerprint density at radius 3 is 2.56 bits per heavy atom. The standard InChI is InChI=1S/C14H19F2NO/c1-9(2)6-10(8-17)7-13(18)11-4-3-5-12(15)14(11)16/h3-5,9-10H,6-8,17H2,1-2H3. The van der Waals surface area contributed by atoms with E-state index in [1.54, 1.807) is 0 Å². The number of halogens is 2. The molecule has 2 N–H and O–H groups in total. The van der Waals surface area contributed by atoms with Gasteiger partial charge in [-0.15, -0.1) is 0 Å². The minimum absolute atomic E-state index is 0.0140. The van der Waals surface area contributed by atoms with Gasteiger partial charge in [0, 0.05) is 6.42 Å². The molecule has 1 aromatic rings. The van der Waals surface area contributed by atoms with Gasteiger partial charge in [0.25, 0.3) is 0 Å². The Morgan fingerprint density at radius 2 is 2.00 bits per heavy atom. The molecule has 0 radical (unpaired) electrons. The maximum Gasteiger partial charge on any atom is 0.169 e. The molecule has 1 unspecified atom stereocenters. The van der Waals surface area contributed by atoms with E-state index in [4.69, 9.17) is 5.73 Å². The molecule has 0 aliphatic rings. The zero-order chi connectivity index (χ0) is 13.7. The van der Waals surface area contributed by atoms with Crippen molar-refractivity contribution in [3.05, 3.63) is 35.4 Å². The first-order valence-corrected chi connectivity index (χ1v) is 6.13. The molecule has 0 amide bonds. The van der Waals surface area contributed by atoms with Gasteiger partial charge in [0.2, 0.25) is 0 Å². The second-order valence-electron chi connectivity index (χ2n) is 4.96. The smallest absolute Gasteiger partial charge is 0.169 e. The first-order valence-electron chi connectivity index (χ1n) is 6.13. The van der Waals surface area contributed by atoms with Crippen molar-refractivity contribution in [1.82, 2.24) is 0 Å². The maximum atomic E-state index is 13.4. The molecular weight excluding hydrogens is 236 g/mol. The van der Waals surface area contributed by atoms with Crippen molar-refractivity contribution in [3.8, 4) is 0 Å². The normalized spacial score (nSPS) is 12.8. The number of Topliss-reactive ketones (excluding diaryl/α,β-unsaturated/α-hetero) is 1. The van der Waals surface area contributed by atoms with Crippen molar-refractivity contribution in [2.75, 3.05) is 6.54 Å². The Bertz CT molecular complexity index is 418. The molecular formula is C14H19F2NO. The highest BCUT2D eigenvalue weighted by atomic mass is 19.2. The zero-order valence-corrected chi connectivity index (χ0v) is 10.7. The highest BCUT2D eigenvalue weighted by Crippen LogP contribution is 2.19. The van der Waals surface area contributed by atoms with E-state index in [1.807, 2.05) is 13.8 Å². The minimum atomic E-state index is -1.07. The molecule has 0 bridgehead atoms. The highest BCUT2D eigenvalue weighted by molar-refractivity contribution is 5.96. The van der Waals surface area contributed by atoms with Crippen molar-refractivity contribution >= 4 is 5.78 Å². The second-order valence-corrected chi connectivity index (χ2v) is 4.96. The lowest BCUT2D eigenvalue weighted by molar-refractivity contribution is 0.0952. The number of carbonyl (C=O) groups is 1. The van der Waals surface area contributed by atoms with Gasteiger partial charge >= 0.3 is 0 Å². The van der Waals surface area contributed by atoms with E-state index >= 15 is 0 Å². The second kappa shape index (κ2) is 6.59. The van der Waals surface area contributed by atoms with Crippen LogP contribution in [0.1, 0.15) is 37.0 Å². The summed E-state index contributed by atoms with van der Waals surface area (Å²) in [6.07, 6.45) is 0.966. The number of nitrogens with two attached hydrogens (primary N) is 1. The predicted molar refractivity (Wildman–Crippen MR) is 67.3 cm³/mol. The highest BCUT2D eigenvalue weighted by Gasteiger charge is 2.19. The third-order valence-electron chi connectivity index (χ3n) is 2.86. The van der Waals surface area contributed by atoms with Crippen LogP contribution in [-0.2, 0) is 0 Å². The largest absolute Gasteiger partial charge is 0.330 e. The lowest BCUT2D eigenvalue weighted by atomic mass is 9.90. The SMILES string of the molecule is CC(C)CC(CN)CC(=O)c1cccc(F)c1F. The van der Waals surface area contributed by atoms with Gasteiger partial charge in [-0.1, -0.05) is 19.9 Å². The van der Waals surface area contributed by atoms with Crippen molar-refractivity contribution < 1.29 is 13.6 Å². The van der Waals surface area contributed by atoms with E-state index in [1.165, 1.54) is 12.1 Å². The first-order chi connectivity index (χ1) is 8.45. The fourth-order valence-corrected chi connectivity index (χ4v) is 2.02. The Labute approximate surface area is 106 Å². The summed E-state index contributed by atoms with van der Waals surface area (Å²) < 4.78 is 26.5. The van der Waals surface area contributed by atoms with Gasteiger partial charge in [0.1, 0.15) is 0 Å². The van der Waals surface area contributed by atoms with Crippen LogP contribution >= 0.6 is 0 Å². The van der Waals surface area contributed by atoms with Crippen LogP contribution in [0.5, 0.6) is 0 Å². The fraction of sp³-hybridized carbons (Fsp3) is 0.500. The monoisotopic (exact) mass is 255 g/mol. The fourth-order valence-electron chi connectivity index (χ4n) is 2.02. The maximum absolute atomic E-state index is 13.4. The number of hydrogen-bond donors (Lipinski definition) is 1. The summed E-state index contributed by atoms with van der Waals surface area (Å²) in [6.45, 7) is 4.45. The van der Waals surface area contributed by atoms with E-state index in [9.17, 15) is 13.6 Å². The molecule has 4 heteroatoms. The van der Waals surface area contributed by atoms with Gasteiger partial charge < -0.3 is 5.73 Å². The molecule has 0 spiro atoms. The van der Waals surface area contributed by atoms with Crippen LogP contribution < -0.4 is 5.73 Å². The Kier molecular flexibility index (Phi) is 5.41. The summed E-state index contributed by atoms with van der Waals surface area (Å²) in [5, 5.41) is 0. The topological polar surface area (TPSA) is 43.1 Å². The Balaban J connectivity index is 2.78. The number of benzene rings is 1. The number of hydrogen-bond acceptors (Lipinski definition) is 2. The molecule has 1 atom stereocenters. The lowest BCUT2D eigenvalue weighted by Gasteiger charge is -2.16. The third-order valence-corrected chi connectivity index (χ3v) is 2.86. The first kappa shape index (κ1) is 14.8. The molecule has 100 valence electrons. The minimum Gasteiger partial charge on any atom is -0.330 e. The van der Waals surface area contributed by atoms with Gasteiger partial charge in [-0.25, -0.2) is 8.78 Å². The van der Waals surface area contributed by atoms with Crippen LogP contribution in [0, 0.1) is 23.5 Å². The van der Waals surface area contributed by atoms with Crippen LogP contribution in [-0.4, -0.2) is 12.3 Å².